The van der Waals surface area contributed by atoms with Crippen molar-refractivity contribution in [3.05, 3.63) is 40.9 Å². The van der Waals surface area contributed by atoms with E-state index in [-0.39, 0.29) is 0 Å². The summed E-state index contributed by atoms with van der Waals surface area (Å²) < 4.78 is 4.65. The summed E-state index contributed by atoms with van der Waals surface area (Å²) in [4.78, 5) is 17.6. The van der Waals surface area contributed by atoms with Crippen LogP contribution >= 0.6 is 11.3 Å². The molecule has 2 rings (SSSR count). The first-order valence-corrected chi connectivity index (χ1v) is 6.34. The molecule has 0 spiro atoms. The third kappa shape index (κ3) is 2.36. The van der Waals surface area contributed by atoms with Crippen LogP contribution in [-0.2, 0) is 4.74 Å². The van der Waals surface area contributed by atoms with E-state index in [0.29, 0.717) is 5.69 Å². The molecule has 0 saturated carbocycles. The Bertz CT molecular complexity index is 566. The maximum Gasteiger partial charge on any atom is 0.357 e. The van der Waals surface area contributed by atoms with Gasteiger partial charge in [0, 0.05) is 18.1 Å². The minimum atomic E-state index is -0.407. The molecular formula is C13H14N2O2S. The number of methoxy groups -OCH3 is 1. The normalized spacial score (nSPS) is 10.2. The van der Waals surface area contributed by atoms with Gasteiger partial charge < -0.3 is 9.64 Å². The summed E-state index contributed by atoms with van der Waals surface area (Å²) >= 11 is 1.42. The first-order chi connectivity index (χ1) is 8.63. The highest BCUT2D eigenvalue weighted by atomic mass is 32.1. The molecule has 0 aliphatic carbocycles. The summed E-state index contributed by atoms with van der Waals surface area (Å²) in [7, 11) is 3.29. The third-order valence-electron chi connectivity index (χ3n) is 2.65. The molecule has 0 amide bonds. The first-order valence-electron chi connectivity index (χ1n) is 5.46. The molecule has 2 aromatic rings. The standard InChI is InChI=1S/C13H14N2O2S/c1-9-6-4-5-7-11(9)15(2)13-14-10(8-18-13)12(16)17-3/h4-8H,1-3H3. The van der Waals surface area contributed by atoms with Gasteiger partial charge in [0.15, 0.2) is 10.8 Å². The Labute approximate surface area is 110 Å². The quantitative estimate of drug-likeness (QED) is 0.797. The van der Waals surface area contributed by atoms with E-state index in [0.717, 1.165) is 16.4 Å². The Hall–Kier alpha value is -1.88. The molecule has 0 saturated heterocycles. The number of carbonyl (C=O) groups excluding carboxylic acids is 1. The van der Waals surface area contributed by atoms with Gasteiger partial charge >= 0.3 is 5.97 Å². The van der Waals surface area contributed by atoms with Crippen LogP contribution in [0.3, 0.4) is 0 Å². The van der Waals surface area contributed by atoms with Crippen LogP contribution in [0.5, 0.6) is 0 Å². The molecule has 0 unspecified atom stereocenters. The van der Waals surface area contributed by atoms with Gasteiger partial charge in [-0.1, -0.05) is 18.2 Å². The summed E-state index contributed by atoms with van der Waals surface area (Å²) in [5.41, 5.74) is 2.58. The van der Waals surface area contributed by atoms with Crippen molar-refractivity contribution in [1.82, 2.24) is 4.98 Å². The SMILES string of the molecule is COC(=O)c1csc(N(C)c2ccccc2C)n1. The number of ether oxygens (including phenoxy) is 1. The predicted molar refractivity (Wildman–Crippen MR) is 72.7 cm³/mol. The molecule has 0 bridgehead atoms. The number of aryl methyl sites for hydroxylation is 1. The van der Waals surface area contributed by atoms with Crippen LogP contribution in [0.2, 0.25) is 0 Å². The van der Waals surface area contributed by atoms with Crippen molar-refractivity contribution in [2.75, 3.05) is 19.1 Å². The van der Waals surface area contributed by atoms with Crippen LogP contribution in [0.25, 0.3) is 0 Å². The number of hydrogen-bond acceptors (Lipinski definition) is 5. The van der Waals surface area contributed by atoms with Crippen LogP contribution in [0.1, 0.15) is 16.1 Å². The van der Waals surface area contributed by atoms with Gasteiger partial charge in [0.25, 0.3) is 0 Å². The number of nitrogens with zero attached hydrogens (tertiary/aromatic N) is 2. The fourth-order valence-electron chi connectivity index (χ4n) is 1.66. The second-order valence-corrected chi connectivity index (χ2v) is 4.69. The summed E-state index contributed by atoms with van der Waals surface area (Å²) in [5.74, 6) is -0.407. The van der Waals surface area contributed by atoms with Crippen LogP contribution in [0.15, 0.2) is 29.6 Å². The molecule has 0 fully saturated rings. The number of benzene rings is 1. The second-order valence-electron chi connectivity index (χ2n) is 3.85. The Morgan fingerprint density at radius 3 is 2.78 bits per heavy atom. The van der Waals surface area contributed by atoms with Gasteiger partial charge in [0.05, 0.1) is 7.11 Å². The highest BCUT2D eigenvalue weighted by Crippen LogP contribution is 2.29. The van der Waals surface area contributed by atoms with E-state index < -0.39 is 5.97 Å². The molecule has 94 valence electrons. The topological polar surface area (TPSA) is 42.4 Å². The van der Waals surface area contributed by atoms with Crippen LogP contribution in [-0.4, -0.2) is 25.1 Å². The molecule has 4 nitrogen and oxygen atoms in total. The lowest BCUT2D eigenvalue weighted by Gasteiger charge is -2.17. The zero-order valence-electron chi connectivity index (χ0n) is 10.5. The second kappa shape index (κ2) is 5.18. The fraction of sp³-hybridized carbons (Fsp3) is 0.231. The van der Waals surface area contributed by atoms with Crippen LogP contribution in [0, 0.1) is 6.92 Å². The molecule has 0 radical (unpaired) electrons. The Kier molecular flexibility index (Phi) is 3.62. The van der Waals surface area contributed by atoms with Gasteiger partial charge in [-0.15, -0.1) is 11.3 Å². The average molecular weight is 262 g/mol. The smallest absolute Gasteiger partial charge is 0.357 e. The molecule has 1 heterocycles. The van der Waals surface area contributed by atoms with E-state index in [1.165, 1.54) is 18.4 Å². The number of esters is 1. The van der Waals surface area contributed by atoms with Gasteiger partial charge in [-0.25, -0.2) is 9.78 Å². The highest BCUT2D eigenvalue weighted by Gasteiger charge is 2.14. The number of para-hydroxylation sites is 1. The number of anilines is 2. The van der Waals surface area contributed by atoms with E-state index in [1.807, 2.05) is 43.1 Å². The lowest BCUT2D eigenvalue weighted by atomic mass is 10.2. The molecule has 1 aromatic heterocycles. The van der Waals surface area contributed by atoms with Crippen molar-refractivity contribution < 1.29 is 9.53 Å². The van der Waals surface area contributed by atoms with E-state index in [9.17, 15) is 4.79 Å². The number of carbonyl (C=O) groups is 1. The lowest BCUT2D eigenvalue weighted by molar-refractivity contribution is 0.0595. The summed E-state index contributed by atoms with van der Waals surface area (Å²) in [5, 5.41) is 2.47. The van der Waals surface area contributed by atoms with Crippen molar-refractivity contribution in [2.45, 2.75) is 6.92 Å². The van der Waals surface area contributed by atoms with Gasteiger partial charge in [-0.3, -0.25) is 0 Å². The van der Waals surface area contributed by atoms with Crippen LogP contribution < -0.4 is 4.90 Å². The predicted octanol–water partition coefficient (Wildman–Crippen LogP) is 3.01. The molecule has 0 atom stereocenters. The summed E-state index contributed by atoms with van der Waals surface area (Å²) in [6.45, 7) is 2.04. The molecule has 18 heavy (non-hydrogen) atoms. The number of thiazole rings is 1. The molecular weight excluding hydrogens is 248 g/mol. The largest absolute Gasteiger partial charge is 0.464 e. The molecule has 0 aliphatic heterocycles. The van der Waals surface area contributed by atoms with Crippen LogP contribution in [0.4, 0.5) is 10.8 Å². The number of aromatic nitrogens is 1. The zero-order valence-corrected chi connectivity index (χ0v) is 11.3. The first kappa shape index (κ1) is 12.6. The van der Waals surface area contributed by atoms with E-state index >= 15 is 0 Å². The summed E-state index contributed by atoms with van der Waals surface area (Å²) in [6.07, 6.45) is 0. The molecule has 0 N–H and O–H groups in total. The van der Waals surface area contributed by atoms with Crippen molar-refractivity contribution in [3.63, 3.8) is 0 Å². The monoisotopic (exact) mass is 262 g/mol. The zero-order chi connectivity index (χ0) is 13.1. The maximum atomic E-state index is 11.4. The minimum Gasteiger partial charge on any atom is -0.464 e. The van der Waals surface area contributed by atoms with E-state index in [2.05, 4.69) is 9.72 Å². The Balaban J connectivity index is 2.29. The number of hydrogen-bond donors (Lipinski definition) is 0. The van der Waals surface area contributed by atoms with Crippen molar-refractivity contribution in [2.24, 2.45) is 0 Å². The van der Waals surface area contributed by atoms with Gasteiger partial charge in [-0.05, 0) is 18.6 Å². The molecule has 0 aliphatic rings. The third-order valence-corrected chi connectivity index (χ3v) is 3.57. The van der Waals surface area contributed by atoms with Crippen molar-refractivity contribution in [3.8, 4) is 0 Å². The Morgan fingerprint density at radius 1 is 1.39 bits per heavy atom. The molecule has 5 heteroatoms. The minimum absolute atomic E-state index is 0.345. The average Bonchev–Trinajstić information content (AvgIpc) is 2.87. The van der Waals surface area contributed by atoms with Gasteiger partial charge in [0.2, 0.25) is 0 Å². The fourth-order valence-corrected chi connectivity index (χ4v) is 2.43. The highest BCUT2D eigenvalue weighted by molar-refractivity contribution is 7.14. The molecule has 1 aromatic carbocycles. The van der Waals surface area contributed by atoms with Gasteiger partial charge in [0.1, 0.15) is 0 Å². The van der Waals surface area contributed by atoms with E-state index in [1.54, 1.807) is 5.38 Å². The van der Waals surface area contributed by atoms with Gasteiger partial charge in [-0.2, -0.15) is 0 Å². The maximum absolute atomic E-state index is 11.4. The lowest BCUT2D eigenvalue weighted by Crippen LogP contribution is -2.11. The number of rotatable bonds is 3. The van der Waals surface area contributed by atoms with E-state index in [4.69, 9.17) is 0 Å². The van der Waals surface area contributed by atoms with Crippen molar-refractivity contribution >= 4 is 28.1 Å². The van der Waals surface area contributed by atoms with Crippen molar-refractivity contribution in [1.29, 1.82) is 0 Å². The summed E-state index contributed by atoms with van der Waals surface area (Å²) in [6, 6.07) is 8.04. The Morgan fingerprint density at radius 2 is 2.11 bits per heavy atom.